The molecule has 3 aliphatic rings. The fraction of sp³-hybridized carbons (Fsp3) is 0.643. The van der Waals surface area contributed by atoms with Crippen molar-refractivity contribution in [2.45, 2.75) is 49.7 Å². The number of halogens is 1. The van der Waals surface area contributed by atoms with E-state index in [0.717, 1.165) is 30.1 Å². The Morgan fingerprint density at radius 2 is 2.10 bits per heavy atom. The number of carbonyl (C=O) groups excluding carboxylic acids is 1. The van der Waals surface area contributed by atoms with Gasteiger partial charge in [0.25, 0.3) is 0 Å². The Hall–Kier alpha value is -0.810. The standard InChI is InChI=1S/C14H18ClN3OS/c1-8(2)17-11(19)14-5-13(6-14,7-14)10-9(15)4-16-12(18-10)20-3/h4,8H,5-7H2,1-3H3,(H,17,19). The van der Waals surface area contributed by atoms with Crippen LogP contribution in [0.25, 0.3) is 0 Å². The Morgan fingerprint density at radius 3 is 2.65 bits per heavy atom. The number of amides is 1. The average molecular weight is 312 g/mol. The molecule has 108 valence electrons. The molecule has 3 saturated carbocycles. The van der Waals surface area contributed by atoms with E-state index in [1.54, 1.807) is 6.20 Å². The van der Waals surface area contributed by atoms with Gasteiger partial charge in [-0.15, -0.1) is 0 Å². The normalized spacial score (nSPS) is 30.6. The summed E-state index contributed by atoms with van der Waals surface area (Å²) in [6.07, 6.45) is 6.22. The molecule has 0 aliphatic heterocycles. The molecule has 1 N–H and O–H groups in total. The van der Waals surface area contributed by atoms with Crippen LogP contribution in [0.3, 0.4) is 0 Å². The molecule has 1 aromatic rings. The second-order valence-electron chi connectivity index (χ2n) is 6.27. The fourth-order valence-corrected chi connectivity index (χ4v) is 4.15. The van der Waals surface area contributed by atoms with Crippen molar-refractivity contribution in [1.82, 2.24) is 15.3 Å². The largest absolute Gasteiger partial charge is 0.353 e. The van der Waals surface area contributed by atoms with E-state index < -0.39 is 0 Å². The molecule has 20 heavy (non-hydrogen) atoms. The molecule has 0 aromatic carbocycles. The summed E-state index contributed by atoms with van der Waals surface area (Å²) in [6, 6.07) is 0.193. The van der Waals surface area contributed by atoms with E-state index in [0.29, 0.717) is 5.02 Å². The van der Waals surface area contributed by atoms with Gasteiger partial charge in [-0.3, -0.25) is 4.79 Å². The summed E-state index contributed by atoms with van der Waals surface area (Å²) in [6.45, 7) is 3.98. The SMILES string of the molecule is CSc1ncc(Cl)c(C23CC(C(=O)NC(C)C)(C2)C3)n1. The molecule has 0 radical (unpaired) electrons. The van der Waals surface area contributed by atoms with Gasteiger partial charge in [-0.25, -0.2) is 9.97 Å². The summed E-state index contributed by atoms with van der Waals surface area (Å²) in [5, 5.41) is 4.39. The number of aromatic nitrogens is 2. The van der Waals surface area contributed by atoms with Crippen molar-refractivity contribution in [3.63, 3.8) is 0 Å². The lowest BCUT2D eigenvalue weighted by atomic mass is 9.34. The zero-order valence-corrected chi connectivity index (χ0v) is 13.4. The number of hydrogen-bond donors (Lipinski definition) is 1. The highest BCUT2D eigenvalue weighted by molar-refractivity contribution is 7.98. The number of carbonyl (C=O) groups is 1. The first-order chi connectivity index (χ1) is 9.41. The van der Waals surface area contributed by atoms with Gasteiger partial charge in [0, 0.05) is 11.5 Å². The van der Waals surface area contributed by atoms with Crippen molar-refractivity contribution < 1.29 is 4.79 Å². The quantitative estimate of drug-likeness (QED) is 0.686. The Bertz CT molecular complexity index is 556. The molecule has 2 bridgehead atoms. The second-order valence-corrected chi connectivity index (χ2v) is 7.45. The highest BCUT2D eigenvalue weighted by Crippen LogP contribution is 2.74. The smallest absolute Gasteiger partial charge is 0.226 e. The van der Waals surface area contributed by atoms with E-state index in [9.17, 15) is 4.79 Å². The molecule has 4 nitrogen and oxygen atoms in total. The summed E-state index contributed by atoms with van der Waals surface area (Å²) >= 11 is 7.76. The minimum absolute atomic E-state index is 0.0127. The molecule has 3 fully saturated rings. The molecule has 1 amide bonds. The number of thioether (sulfide) groups is 1. The monoisotopic (exact) mass is 311 g/mol. The minimum atomic E-state index is -0.169. The number of hydrogen-bond acceptors (Lipinski definition) is 4. The van der Waals surface area contributed by atoms with Crippen molar-refractivity contribution in [3.05, 3.63) is 16.9 Å². The molecule has 4 rings (SSSR count). The molecule has 0 unspecified atom stereocenters. The lowest BCUT2D eigenvalue weighted by Gasteiger charge is -2.69. The fourth-order valence-electron chi connectivity index (χ4n) is 3.52. The summed E-state index contributed by atoms with van der Waals surface area (Å²) in [7, 11) is 0. The van der Waals surface area contributed by atoms with Crippen molar-refractivity contribution >= 4 is 29.3 Å². The molecule has 6 heteroatoms. The van der Waals surface area contributed by atoms with Crippen LogP contribution >= 0.6 is 23.4 Å². The van der Waals surface area contributed by atoms with Crippen molar-refractivity contribution in [1.29, 1.82) is 0 Å². The third kappa shape index (κ3) is 1.94. The van der Waals surface area contributed by atoms with Crippen LogP contribution in [0.2, 0.25) is 5.02 Å². The molecular formula is C14H18ClN3OS. The Labute approximate surface area is 128 Å². The number of nitrogens with zero attached hydrogens (tertiary/aromatic N) is 2. The summed E-state index contributed by atoms with van der Waals surface area (Å²) in [5.41, 5.74) is 0.773. The summed E-state index contributed by atoms with van der Waals surface area (Å²) in [4.78, 5) is 20.9. The average Bonchev–Trinajstić information content (AvgIpc) is 2.27. The first kappa shape index (κ1) is 14.1. The van der Waals surface area contributed by atoms with E-state index >= 15 is 0 Å². The van der Waals surface area contributed by atoms with Gasteiger partial charge >= 0.3 is 0 Å². The van der Waals surface area contributed by atoms with Gasteiger partial charge in [0.1, 0.15) is 0 Å². The molecule has 3 aliphatic carbocycles. The zero-order chi connectivity index (χ0) is 14.5. The minimum Gasteiger partial charge on any atom is -0.353 e. The molecule has 1 heterocycles. The first-order valence-corrected chi connectivity index (χ1v) is 8.39. The van der Waals surface area contributed by atoms with Crippen LogP contribution in [0.1, 0.15) is 38.8 Å². The lowest BCUT2D eigenvalue weighted by Crippen LogP contribution is -2.70. The zero-order valence-electron chi connectivity index (χ0n) is 11.9. The van der Waals surface area contributed by atoms with Crippen molar-refractivity contribution in [3.8, 4) is 0 Å². The van der Waals surface area contributed by atoms with E-state index in [1.807, 2.05) is 20.1 Å². The lowest BCUT2D eigenvalue weighted by molar-refractivity contribution is -0.177. The Balaban J connectivity index is 1.76. The highest BCUT2D eigenvalue weighted by Gasteiger charge is 2.73. The van der Waals surface area contributed by atoms with Crippen LogP contribution in [-0.2, 0) is 10.2 Å². The third-order valence-electron chi connectivity index (χ3n) is 4.34. The van der Waals surface area contributed by atoms with E-state index in [1.165, 1.54) is 11.8 Å². The van der Waals surface area contributed by atoms with Crippen LogP contribution < -0.4 is 5.32 Å². The maximum Gasteiger partial charge on any atom is 0.226 e. The first-order valence-electron chi connectivity index (χ1n) is 6.79. The Morgan fingerprint density at radius 1 is 1.45 bits per heavy atom. The summed E-state index contributed by atoms with van der Waals surface area (Å²) < 4.78 is 0. The topological polar surface area (TPSA) is 54.9 Å². The molecule has 1 aromatic heterocycles. The predicted octanol–water partition coefficient (Wildman–Crippen LogP) is 2.80. The van der Waals surface area contributed by atoms with E-state index in [4.69, 9.17) is 11.6 Å². The van der Waals surface area contributed by atoms with Crippen molar-refractivity contribution in [2.24, 2.45) is 5.41 Å². The second kappa shape index (κ2) is 4.60. The maximum atomic E-state index is 12.2. The van der Waals surface area contributed by atoms with Crippen LogP contribution in [-0.4, -0.2) is 28.2 Å². The Kier molecular flexibility index (Phi) is 3.25. The highest BCUT2D eigenvalue weighted by atomic mass is 35.5. The van der Waals surface area contributed by atoms with Gasteiger partial charge < -0.3 is 5.32 Å². The molecular weight excluding hydrogens is 294 g/mol. The van der Waals surface area contributed by atoms with Crippen LogP contribution in [0, 0.1) is 5.41 Å². The molecule has 0 atom stereocenters. The van der Waals surface area contributed by atoms with E-state index in [2.05, 4.69) is 15.3 Å². The molecule has 0 spiro atoms. The van der Waals surface area contributed by atoms with Gasteiger partial charge in [0.2, 0.25) is 5.91 Å². The number of nitrogens with one attached hydrogen (secondary N) is 1. The summed E-state index contributed by atoms with van der Waals surface area (Å²) in [5.74, 6) is 0.185. The number of rotatable bonds is 4. The van der Waals surface area contributed by atoms with Gasteiger partial charge in [-0.05, 0) is 39.4 Å². The van der Waals surface area contributed by atoms with Gasteiger partial charge in [-0.2, -0.15) is 0 Å². The van der Waals surface area contributed by atoms with Crippen molar-refractivity contribution in [2.75, 3.05) is 6.26 Å². The third-order valence-corrected chi connectivity index (χ3v) is 5.18. The van der Waals surface area contributed by atoms with Crippen LogP contribution in [0.5, 0.6) is 0 Å². The molecule has 0 saturated heterocycles. The predicted molar refractivity (Wildman–Crippen MR) is 80.1 cm³/mol. The van der Waals surface area contributed by atoms with Crippen LogP contribution in [0.15, 0.2) is 11.4 Å². The van der Waals surface area contributed by atoms with Gasteiger partial charge in [0.05, 0.1) is 22.3 Å². The van der Waals surface area contributed by atoms with Crippen LogP contribution in [0.4, 0.5) is 0 Å². The maximum absolute atomic E-state index is 12.2. The van der Waals surface area contributed by atoms with Gasteiger partial charge in [0.15, 0.2) is 5.16 Å². The van der Waals surface area contributed by atoms with Gasteiger partial charge in [-0.1, -0.05) is 23.4 Å². The van der Waals surface area contributed by atoms with E-state index in [-0.39, 0.29) is 22.8 Å².